The molecular formula is C22H31N3O4. The molecule has 0 bridgehead atoms. The van der Waals surface area contributed by atoms with Crippen molar-refractivity contribution in [2.24, 2.45) is 0 Å². The monoisotopic (exact) mass is 401 g/mol. The van der Waals surface area contributed by atoms with Crippen LogP contribution in [-0.4, -0.2) is 72.5 Å². The van der Waals surface area contributed by atoms with Crippen molar-refractivity contribution in [3.05, 3.63) is 30.1 Å². The normalized spacial score (nSPS) is 21.7. The lowest BCUT2D eigenvalue weighted by molar-refractivity contribution is -0.162. The van der Waals surface area contributed by atoms with Gasteiger partial charge < -0.3 is 24.1 Å². The van der Waals surface area contributed by atoms with E-state index in [-0.39, 0.29) is 17.6 Å². The SMILES string of the molecule is COCCOC1CCOC2(CCN(C(=O)CCc3nc4ccccc4[nH]3)CC2)C1. The summed E-state index contributed by atoms with van der Waals surface area (Å²) in [7, 11) is 1.69. The van der Waals surface area contributed by atoms with Gasteiger partial charge >= 0.3 is 0 Å². The number of likely N-dealkylation sites (tertiary alicyclic amines) is 1. The lowest BCUT2D eigenvalue weighted by Gasteiger charge is -2.46. The second-order valence-corrected chi connectivity index (χ2v) is 8.09. The molecule has 4 rings (SSSR count). The van der Waals surface area contributed by atoms with Crippen LogP contribution in [0.15, 0.2) is 24.3 Å². The van der Waals surface area contributed by atoms with Crippen LogP contribution < -0.4 is 0 Å². The summed E-state index contributed by atoms with van der Waals surface area (Å²) in [4.78, 5) is 22.5. The molecule has 3 heterocycles. The predicted octanol–water partition coefficient (Wildman–Crippen LogP) is 2.70. The molecule has 1 N–H and O–H groups in total. The quantitative estimate of drug-likeness (QED) is 0.722. The van der Waals surface area contributed by atoms with E-state index in [1.165, 1.54) is 0 Å². The molecule has 0 aliphatic carbocycles. The van der Waals surface area contributed by atoms with Gasteiger partial charge in [0.15, 0.2) is 0 Å². The first-order chi connectivity index (χ1) is 14.2. The van der Waals surface area contributed by atoms with Crippen molar-refractivity contribution in [1.29, 1.82) is 0 Å². The summed E-state index contributed by atoms with van der Waals surface area (Å²) in [5, 5.41) is 0. The van der Waals surface area contributed by atoms with Gasteiger partial charge in [-0.15, -0.1) is 0 Å². The number of piperidine rings is 1. The fourth-order valence-corrected chi connectivity index (χ4v) is 4.44. The average Bonchev–Trinajstić information content (AvgIpc) is 3.16. The van der Waals surface area contributed by atoms with Crippen LogP contribution in [0, 0.1) is 0 Å². The van der Waals surface area contributed by atoms with Gasteiger partial charge in [-0.1, -0.05) is 12.1 Å². The number of benzene rings is 1. The van der Waals surface area contributed by atoms with E-state index in [9.17, 15) is 4.79 Å². The fraction of sp³-hybridized carbons (Fsp3) is 0.636. The molecule has 7 heteroatoms. The lowest BCUT2D eigenvalue weighted by Crippen LogP contribution is -2.52. The van der Waals surface area contributed by atoms with Crippen molar-refractivity contribution >= 4 is 16.9 Å². The third-order valence-electron chi connectivity index (χ3n) is 6.13. The van der Waals surface area contributed by atoms with Crippen LogP contribution in [0.1, 0.15) is 37.9 Å². The molecule has 1 unspecified atom stereocenters. The van der Waals surface area contributed by atoms with Crippen LogP contribution >= 0.6 is 0 Å². The maximum absolute atomic E-state index is 12.7. The summed E-state index contributed by atoms with van der Waals surface area (Å²) in [6, 6.07) is 7.95. The number of hydrogen-bond acceptors (Lipinski definition) is 5. The standard InChI is InChI=1S/C22H31N3O4/c1-27-14-15-28-17-8-13-29-22(16-17)9-11-25(12-10-22)21(26)7-6-20-23-18-4-2-3-5-19(18)24-20/h2-5,17H,6-16H2,1H3,(H,23,24). The lowest BCUT2D eigenvalue weighted by atomic mass is 9.83. The minimum atomic E-state index is -0.133. The van der Waals surface area contributed by atoms with E-state index in [4.69, 9.17) is 14.2 Å². The van der Waals surface area contributed by atoms with Crippen LogP contribution in [0.4, 0.5) is 0 Å². The van der Waals surface area contributed by atoms with Crippen LogP contribution in [0.25, 0.3) is 11.0 Å². The van der Waals surface area contributed by atoms with E-state index in [0.717, 1.165) is 62.2 Å². The number of hydrogen-bond donors (Lipinski definition) is 1. The van der Waals surface area contributed by atoms with Crippen molar-refractivity contribution in [2.45, 2.75) is 50.2 Å². The molecule has 1 amide bonds. The average molecular weight is 402 g/mol. The Balaban J connectivity index is 1.24. The van der Waals surface area contributed by atoms with Gasteiger partial charge in [0, 0.05) is 46.1 Å². The van der Waals surface area contributed by atoms with Crippen LogP contribution in [0.2, 0.25) is 0 Å². The summed E-state index contributed by atoms with van der Waals surface area (Å²) in [6.45, 7) is 3.49. The van der Waals surface area contributed by atoms with Gasteiger partial charge in [-0.3, -0.25) is 4.79 Å². The van der Waals surface area contributed by atoms with E-state index in [1.54, 1.807) is 7.11 Å². The first-order valence-electron chi connectivity index (χ1n) is 10.6. The van der Waals surface area contributed by atoms with Crippen LogP contribution in [0.5, 0.6) is 0 Å². The zero-order valence-corrected chi connectivity index (χ0v) is 17.2. The van der Waals surface area contributed by atoms with Crippen molar-refractivity contribution in [3.8, 4) is 0 Å². The van der Waals surface area contributed by atoms with E-state index < -0.39 is 0 Å². The molecule has 1 aromatic heterocycles. The Labute approximate surface area is 171 Å². The Morgan fingerprint density at radius 3 is 2.93 bits per heavy atom. The topological polar surface area (TPSA) is 76.7 Å². The summed E-state index contributed by atoms with van der Waals surface area (Å²) in [5.74, 6) is 1.07. The molecule has 1 spiro atoms. The summed E-state index contributed by atoms with van der Waals surface area (Å²) < 4.78 is 17.2. The fourth-order valence-electron chi connectivity index (χ4n) is 4.44. The maximum atomic E-state index is 12.7. The van der Waals surface area contributed by atoms with Gasteiger partial charge in [0.05, 0.1) is 36.0 Å². The molecule has 158 valence electrons. The second kappa shape index (κ2) is 9.24. The largest absolute Gasteiger partial charge is 0.382 e. The molecular weight excluding hydrogens is 370 g/mol. The number of nitrogens with one attached hydrogen (secondary N) is 1. The molecule has 2 fully saturated rings. The zero-order chi connectivity index (χ0) is 20.1. The molecule has 1 aromatic carbocycles. The number of rotatable bonds is 7. The molecule has 2 saturated heterocycles. The number of aromatic amines is 1. The van der Waals surface area contributed by atoms with Crippen LogP contribution in [-0.2, 0) is 25.4 Å². The van der Waals surface area contributed by atoms with Gasteiger partial charge in [0.2, 0.25) is 5.91 Å². The number of para-hydroxylation sites is 2. The Hall–Kier alpha value is -1.96. The Morgan fingerprint density at radius 1 is 1.31 bits per heavy atom. The van der Waals surface area contributed by atoms with E-state index >= 15 is 0 Å². The van der Waals surface area contributed by atoms with E-state index in [0.29, 0.717) is 26.1 Å². The number of ether oxygens (including phenoxy) is 3. The van der Waals surface area contributed by atoms with E-state index in [1.807, 2.05) is 29.2 Å². The zero-order valence-electron chi connectivity index (χ0n) is 17.2. The summed E-state index contributed by atoms with van der Waals surface area (Å²) >= 11 is 0. The molecule has 2 aliphatic heterocycles. The highest BCUT2D eigenvalue weighted by Crippen LogP contribution is 2.36. The predicted molar refractivity (Wildman–Crippen MR) is 110 cm³/mol. The number of carbonyl (C=O) groups is 1. The Kier molecular flexibility index (Phi) is 6.47. The number of aryl methyl sites for hydroxylation is 1. The van der Waals surface area contributed by atoms with E-state index in [2.05, 4.69) is 9.97 Å². The van der Waals surface area contributed by atoms with Gasteiger partial charge in [0.25, 0.3) is 0 Å². The van der Waals surface area contributed by atoms with Crippen molar-refractivity contribution in [3.63, 3.8) is 0 Å². The van der Waals surface area contributed by atoms with Crippen molar-refractivity contribution in [1.82, 2.24) is 14.9 Å². The van der Waals surface area contributed by atoms with Gasteiger partial charge in [-0.05, 0) is 31.4 Å². The smallest absolute Gasteiger partial charge is 0.223 e. The number of amides is 1. The molecule has 0 saturated carbocycles. The van der Waals surface area contributed by atoms with Crippen molar-refractivity contribution < 1.29 is 19.0 Å². The Bertz CT molecular complexity index is 780. The first kappa shape index (κ1) is 20.3. The molecule has 2 aromatic rings. The number of carbonyl (C=O) groups excluding carboxylic acids is 1. The second-order valence-electron chi connectivity index (χ2n) is 8.09. The number of nitrogens with zero attached hydrogens (tertiary/aromatic N) is 2. The summed E-state index contributed by atoms with van der Waals surface area (Å²) in [6.07, 6.45) is 4.97. The molecule has 1 atom stereocenters. The molecule has 7 nitrogen and oxygen atoms in total. The number of fused-ring (bicyclic) bond motifs is 1. The van der Waals surface area contributed by atoms with Crippen molar-refractivity contribution in [2.75, 3.05) is 40.0 Å². The number of aromatic nitrogens is 2. The van der Waals surface area contributed by atoms with Gasteiger partial charge in [0.1, 0.15) is 5.82 Å². The molecule has 29 heavy (non-hydrogen) atoms. The minimum absolute atomic E-state index is 0.133. The third-order valence-corrected chi connectivity index (χ3v) is 6.13. The first-order valence-corrected chi connectivity index (χ1v) is 10.6. The Morgan fingerprint density at radius 2 is 2.14 bits per heavy atom. The highest BCUT2D eigenvalue weighted by atomic mass is 16.5. The number of imidazole rings is 1. The maximum Gasteiger partial charge on any atom is 0.223 e. The highest BCUT2D eigenvalue weighted by molar-refractivity contribution is 5.77. The minimum Gasteiger partial charge on any atom is -0.382 e. The molecule has 0 radical (unpaired) electrons. The summed E-state index contributed by atoms with van der Waals surface area (Å²) in [5.41, 5.74) is 1.84. The van der Waals surface area contributed by atoms with Gasteiger partial charge in [-0.2, -0.15) is 0 Å². The third kappa shape index (κ3) is 4.97. The highest BCUT2D eigenvalue weighted by Gasteiger charge is 2.41. The number of methoxy groups -OCH3 is 1. The molecule has 2 aliphatic rings. The number of H-pyrrole nitrogens is 1. The van der Waals surface area contributed by atoms with Crippen LogP contribution in [0.3, 0.4) is 0 Å². The van der Waals surface area contributed by atoms with Gasteiger partial charge in [-0.25, -0.2) is 4.98 Å².